The maximum Gasteiger partial charge on any atom is 0.190 e. The number of nitrogens with zero attached hydrogens (tertiary/aromatic N) is 1. The molecule has 0 saturated carbocycles. The topological polar surface area (TPSA) is 55.5 Å². The minimum absolute atomic E-state index is 0.126. The fourth-order valence-corrected chi connectivity index (χ4v) is 1.16. The van der Waals surface area contributed by atoms with Crippen molar-refractivity contribution in [1.29, 1.82) is 0 Å². The fourth-order valence-electron chi connectivity index (χ4n) is 1.16. The molecule has 0 aromatic carbocycles. The second-order valence-electron chi connectivity index (χ2n) is 3.27. The first-order valence-electron chi connectivity index (χ1n) is 5.17. The Morgan fingerprint density at radius 2 is 2.00 bits per heavy atom. The lowest BCUT2D eigenvalue weighted by Crippen LogP contribution is -2.11. The quantitative estimate of drug-likeness (QED) is 0.433. The number of Topliss-reactive ketones (excluding diaryl/α,β-unsaturated/α-hetero) is 1. The van der Waals surface area contributed by atoms with E-state index in [-0.39, 0.29) is 5.78 Å². The van der Waals surface area contributed by atoms with Gasteiger partial charge in [-0.25, -0.2) is 0 Å². The normalized spacial score (nSPS) is 13.9. The molecule has 0 unspecified atom stereocenters. The van der Waals surface area contributed by atoms with Crippen LogP contribution in [0.4, 0.5) is 0 Å². The molecule has 0 aliphatic rings. The molecule has 0 aliphatic carbocycles. The number of carbonyl (C=O) groups excluding carboxylic acids is 1. The van der Waals surface area contributed by atoms with E-state index in [0.29, 0.717) is 16.8 Å². The second kappa shape index (κ2) is 8.05. The third-order valence-corrected chi connectivity index (χ3v) is 2.03. The van der Waals surface area contributed by atoms with Gasteiger partial charge in [0.2, 0.25) is 0 Å². The van der Waals surface area contributed by atoms with E-state index in [0.717, 1.165) is 0 Å². The van der Waals surface area contributed by atoms with Crippen LogP contribution < -0.4 is 5.73 Å². The highest BCUT2D eigenvalue weighted by molar-refractivity contribution is 6.10. The van der Waals surface area contributed by atoms with E-state index in [4.69, 9.17) is 5.73 Å². The van der Waals surface area contributed by atoms with E-state index < -0.39 is 0 Å². The minimum atomic E-state index is -0.126. The van der Waals surface area contributed by atoms with E-state index >= 15 is 0 Å². The number of carbonyl (C=O) groups is 1. The highest BCUT2D eigenvalue weighted by Gasteiger charge is 2.12. The van der Waals surface area contributed by atoms with Crippen molar-refractivity contribution in [2.45, 2.75) is 13.8 Å². The van der Waals surface area contributed by atoms with E-state index in [1.165, 1.54) is 6.20 Å². The molecular weight excluding hydrogens is 212 g/mol. The Morgan fingerprint density at radius 1 is 1.35 bits per heavy atom. The van der Waals surface area contributed by atoms with Gasteiger partial charge < -0.3 is 5.73 Å². The lowest BCUT2D eigenvalue weighted by atomic mass is 10.0. The number of nitrogens with two attached hydrogens (primary N) is 1. The molecule has 0 heterocycles. The predicted molar refractivity (Wildman–Crippen MR) is 73.7 cm³/mol. The molecule has 0 aromatic rings. The summed E-state index contributed by atoms with van der Waals surface area (Å²) >= 11 is 0. The number of hydrogen-bond donors (Lipinski definition) is 1. The zero-order chi connectivity index (χ0) is 13.3. The van der Waals surface area contributed by atoms with Crippen molar-refractivity contribution >= 4 is 12.5 Å². The van der Waals surface area contributed by atoms with Gasteiger partial charge in [-0.15, -0.1) is 0 Å². The SMILES string of the molecule is C=C/C=C\C=C(/C)C(=O)C(=C/C)/C(N)=C\N=C. The molecule has 0 bridgehead atoms. The van der Waals surface area contributed by atoms with Crippen molar-refractivity contribution in [1.82, 2.24) is 0 Å². The molecule has 3 nitrogen and oxygen atoms in total. The highest BCUT2D eigenvalue weighted by atomic mass is 16.1. The van der Waals surface area contributed by atoms with Gasteiger partial charge in [0, 0.05) is 11.8 Å². The molecule has 0 atom stereocenters. The zero-order valence-corrected chi connectivity index (χ0v) is 10.3. The monoisotopic (exact) mass is 230 g/mol. The molecule has 90 valence electrons. The fraction of sp³-hybridized carbons (Fsp3) is 0.143. The molecule has 2 N–H and O–H groups in total. The van der Waals surface area contributed by atoms with Crippen LogP contribution in [0.1, 0.15) is 13.8 Å². The van der Waals surface area contributed by atoms with Gasteiger partial charge in [-0.2, -0.15) is 0 Å². The van der Waals surface area contributed by atoms with E-state index in [1.54, 1.807) is 44.2 Å². The molecule has 0 amide bonds. The largest absolute Gasteiger partial charge is 0.397 e. The molecule has 0 spiro atoms. The molecule has 0 radical (unpaired) electrons. The van der Waals surface area contributed by atoms with Gasteiger partial charge in [-0.05, 0) is 26.1 Å². The van der Waals surface area contributed by atoms with Crippen LogP contribution in [-0.2, 0) is 4.79 Å². The Kier molecular flexibility index (Phi) is 7.02. The number of rotatable bonds is 6. The summed E-state index contributed by atoms with van der Waals surface area (Å²) in [6.45, 7) is 10.3. The van der Waals surface area contributed by atoms with Crippen molar-refractivity contribution < 1.29 is 4.79 Å². The Labute approximate surface area is 102 Å². The Balaban J connectivity index is 5.08. The minimum Gasteiger partial charge on any atom is -0.397 e. The van der Waals surface area contributed by atoms with Crippen LogP contribution in [0.25, 0.3) is 0 Å². The summed E-state index contributed by atoms with van der Waals surface area (Å²) < 4.78 is 0. The first kappa shape index (κ1) is 14.8. The number of ketones is 1. The van der Waals surface area contributed by atoms with E-state index in [2.05, 4.69) is 18.3 Å². The van der Waals surface area contributed by atoms with Crippen molar-refractivity contribution in [3.8, 4) is 0 Å². The van der Waals surface area contributed by atoms with Crippen LogP contribution in [0, 0.1) is 0 Å². The smallest absolute Gasteiger partial charge is 0.190 e. The summed E-state index contributed by atoms with van der Waals surface area (Å²) in [6.07, 6.45) is 9.87. The van der Waals surface area contributed by atoms with Gasteiger partial charge in [-0.3, -0.25) is 9.79 Å². The number of aliphatic imine (C=N–C) groups is 1. The van der Waals surface area contributed by atoms with Gasteiger partial charge in [-0.1, -0.05) is 37.0 Å². The molecule has 0 fully saturated rings. The molecule has 0 rings (SSSR count). The van der Waals surface area contributed by atoms with Gasteiger partial charge in [0.15, 0.2) is 5.78 Å². The standard InChI is InChI=1S/C14H18N2O/c1-5-7-8-9-11(3)14(17)12(6-2)13(15)10-16-4/h5-10H,1,4,15H2,2-3H3/b8-7-,11-9+,12-6+,13-10+. The Bertz CT molecular complexity index is 424. The van der Waals surface area contributed by atoms with Crippen molar-refractivity contribution in [3.05, 3.63) is 60.0 Å². The Hall–Kier alpha value is -2.16. The summed E-state index contributed by atoms with van der Waals surface area (Å²) in [6, 6.07) is 0. The van der Waals surface area contributed by atoms with Crippen LogP contribution in [-0.4, -0.2) is 12.5 Å². The van der Waals surface area contributed by atoms with Gasteiger partial charge >= 0.3 is 0 Å². The summed E-state index contributed by atoms with van der Waals surface area (Å²) in [5, 5.41) is 0. The summed E-state index contributed by atoms with van der Waals surface area (Å²) in [5.41, 5.74) is 7.05. The molecule has 3 heteroatoms. The summed E-state index contributed by atoms with van der Waals surface area (Å²) in [4.78, 5) is 15.6. The molecule has 0 aliphatic heterocycles. The first-order valence-corrected chi connectivity index (χ1v) is 5.17. The first-order chi connectivity index (χ1) is 8.08. The predicted octanol–water partition coefficient (Wildman–Crippen LogP) is 2.69. The molecule has 0 aromatic heterocycles. The van der Waals surface area contributed by atoms with Gasteiger partial charge in [0.1, 0.15) is 0 Å². The van der Waals surface area contributed by atoms with Crippen LogP contribution >= 0.6 is 0 Å². The number of hydrogen-bond acceptors (Lipinski definition) is 3. The average molecular weight is 230 g/mol. The third-order valence-electron chi connectivity index (χ3n) is 2.03. The van der Waals surface area contributed by atoms with Crippen LogP contribution in [0.5, 0.6) is 0 Å². The lowest BCUT2D eigenvalue weighted by Gasteiger charge is -2.05. The maximum atomic E-state index is 12.0. The van der Waals surface area contributed by atoms with Crippen LogP contribution in [0.15, 0.2) is 65.0 Å². The van der Waals surface area contributed by atoms with Crippen molar-refractivity contribution in [3.63, 3.8) is 0 Å². The Morgan fingerprint density at radius 3 is 2.47 bits per heavy atom. The number of allylic oxidation sites excluding steroid dienone is 7. The summed E-state index contributed by atoms with van der Waals surface area (Å²) in [5.74, 6) is -0.126. The third kappa shape index (κ3) is 4.93. The van der Waals surface area contributed by atoms with Crippen LogP contribution in [0.2, 0.25) is 0 Å². The van der Waals surface area contributed by atoms with E-state index in [9.17, 15) is 4.79 Å². The highest BCUT2D eigenvalue weighted by Crippen LogP contribution is 2.12. The van der Waals surface area contributed by atoms with Gasteiger partial charge in [0.05, 0.1) is 5.70 Å². The maximum absolute atomic E-state index is 12.0. The lowest BCUT2D eigenvalue weighted by molar-refractivity contribution is -0.112. The molecular formula is C14H18N2O. The average Bonchev–Trinajstić information content (AvgIpc) is 2.30. The van der Waals surface area contributed by atoms with Crippen molar-refractivity contribution in [2.24, 2.45) is 10.7 Å². The van der Waals surface area contributed by atoms with Crippen LogP contribution in [0.3, 0.4) is 0 Å². The van der Waals surface area contributed by atoms with Crippen molar-refractivity contribution in [2.75, 3.05) is 0 Å². The van der Waals surface area contributed by atoms with Gasteiger partial charge in [0.25, 0.3) is 0 Å². The molecule has 17 heavy (non-hydrogen) atoms. The molecule has 0 saturated heterocycles. The summed E-state index contributed by atoms with van der Waals surface area (Å²) in [7, 11) is 0. The second-order valence-corrected chi connectivity index (χ2v) is 3.27. The van der Waals surface area contributed by atoms with E-state index in [1.807, 2.05) is 0 Å². The zero-order valence-electron chi connectivity index (χ0n) is 10.3.